The third kappa shape index (κ3) is 3.41. The van der Waals surface area contributed by atoms with Crippen LogP contribution in [-0.4, -0.2) is 37.3 Å². The molecule has 0 fully saturated rings. The van der Waals surface area contributed by atoms with E-state index in [9.17, 15) is 18.0 Å². The molecule has 1 heterocycles. The number of carbonyl (C=O) groups excluding carboxylic acids is 2. The van der Waals surface area contributed by atoms with Gasteiger partial charge in [-0.1, -0.05) is 35.3 Å². The standard InChI is InChI=1S/C16H17Cl2NO6S/c1-5-26(22,23)19(4)15-13(24-9(2)20)14(21)16(3,25-15)10-7-6-8-11(17)12(10)18/h6-8H,5H2,1-4H3. The van der Waals surface area contributed by atoms with E-state index in [1.807, 2.05) is 0 Å². The molecule has 10 heteroatoms. The van der Waals surface area contributed by atoms with E-state index in [4.69, 9.17) is 32.7 Å². The van der Waals surface area contributed by atoms with Gasteiger partial charge in [0.25, 0.3) is 11.7 Å². The maximum absolute atomic E-state index is 13.0. The first-order valence-corrected chi connectivity index (χ1v) is 9.89. The topological polar surface area (TPSA) is 90.0 Å². The Morgan fingerprint density at radius 1 is 1.35 bits per heavy atom. The van der Waals surface area contributed by atoms with Gasteiger partial charge in [0.2, 0.25) is 21.4 Å². The number of hydrogen-bond acceptors (Lipinski definition) is 6. The number of nitrogens with zero attached hydrogens (tertiary/aromatic N) is 1. The van der Waals surface area contributed by atoms with E-state index in [2.05, 4.69) is 0 Å². The Labute approximate surface area is 161 Å². The summed E-state index contributed by atoms with van der Waals surface area (Å²) in [7, 11) is -2.57. The van der Waals surface area contributed by atoms with Crippen LogP contribution in [0.15, 0.2) is 29.8 Å². The van der Waals surface area contributed by atoms with Crippen LogP contribution >= 0.6 is 23.2 Å². The number of esters is 1. The summed E-state index contributed by atoms with van der Waals surface area (Å²) in [6.45, 7) is 3.92. The second kappa shape index (κ2) is 7.09. The Bertz CT molecular complexity index is 911. The fourth-order valence-corrected chi connectivity index (χ4v) is 3.65. The molecule has 142 valence electrons. The summed E-state index contributed by atoms with van der Waals surface area (Å²) in [4.78, 5) is 24.4. The highest BCUT2D eigenvalue weighted by Gasteiger charge is 2.52. The second-order valence-electron chi connectivity index (χ2n) is 5.66. The van der Waals surface area contributed by atoms with Crippen LogP contribution in [0.3, 0.4) is 0 Å². The Morgan fingerprint density at radius 2 is 1.96 bits per heavy atom. The van der Waals surface area contributed by atoms with Gasteiger partial charge in [0.15, 0.2) is 0 Å². The largest absolute Gasteiger partial charge is 0.456 e. The fourth-order valence-electron chi connectivity index (χ4n) is 2.41. The molecule has 0 saturated carbocycles. The normalized spacial score (nSPS) is 20.2. The summed E-state index contributed by atoms with van der Waals surface area (Å²) in [5, 5.41) is 0.272. The van der Waals surface area contributed by atoms with Crippen LogP contribution in [0.2, 0.25) is 10.0 Å². The van der Waals surface area contributed by atoms with Crippen molar-refractivity contribution in [3.05, 3.63) is 45.5 Å². The second-order valence-corrected chi connectivity index (χ2v) is 8.74. The predicted octanol–water partition coefficient (Wildman–Crippen LogP) is 2.82. The monoisotopic (exact) mass is 421 g/mol. The fraction of sp³-hybridized carbons (Fsp3) is 0.375. The highest BCUT2D eigenvalue weighted by Crippen LogP contribution is 2.44. The van der Waals surface area contributed by atoms with Gasteiger partial charge in [0.05, 0.1) is 15.8 Å². The highest BCUT2D eigenvalue weighted by atomic mass is 35.5. The molecule has 1 unspecified atom stereocenters. The summed E-state index contributed by atoms with van der Waals surface area (Å²) in [6.07, 6.45) is 0. The van der Waals surface area contributed by atoms with Crippen molar-refractivity contribution in [1.29, 1.82) is 0 Å². The van der Waals surface area contributed by atoms with Gasteiger partial charge in [-0.2, -0.15) is 0 Å². The van der Waals surface area contributed by atoms with Gasteiger partial charge in [-0.25, -0.2) is 12.7 Å². The number of carbonyl (C=O) groups is 2. The number of halogens is 2. The molecule has 0 aliphatic carbocycles. The quantitative estimate of drug-likeness (QED) is 0.678. The Balaban J connectivity index is 2.63. The minimum absolute atomic E-state index is 0.0782. The number of sulfonamides is 1. The molecule has 1 aliphatic rings. The molecule has 1 aromatic rings. The first-order chi connectivity index (χ1) is 12.0. The number of rotatable bonds is 5. The van der Waals surface area contributed by atoms with Crippen LogP contribution in [0.1, 0.15) is 26.3 Å². The summed E-state index contributed by atoms with van der Waals surface area (Å²) >= 11 is 12.2. The van der Waals surface area contributed by atoms with E-state index in [1.165, 1.54) is 33.0 Å². The van der Waals surface area contributed by atoms with Gasteiger partial charge >= 0.3 is 5.97 Å². The number of ketones is 1. The van der Waals surface area contributed by atoms with Crippen molar-refractivity contribution < 1.29 is 27.5 Å². The van der Waals surface area contributed by atoms with Crippen molar-refractivity contribution in [2.45, 2.75) is 26.4 Å². The minimum atomic E-state index is -3.78. The molecule has 0 amide bonds. The molecule has 0 saturated heterocycles. The lowest BCUT2D eigenvalue weighted by Gasteiger charge is -2.27. The van der Waals surface area contributed by atoms with Crippen LogP contribution < -0.4 is 0 Å². The zero-order chi connectivity index (χ0) is 19.9. The van der Waals surface area contributed by atoms with Gasteiger partial charge < -0.3 is 9.47 Å². The zero-order valence-corrected chi connectivity index (χ0v) is 16.8. The van der Waals surface area contributed by atoms with Crippen LogP contribution in [-0.2, 0) is 34.7 Å². The van der Waals surface area contributed by atoms with E-state index >= 15 is 0 Å². The Morgan fingerprint density at radius 3 is 2.50 bits per heavy atom. The van der Waals surface area contributed by atoms with Crippen molar-refractivity contribution in [3.63, 3.8) is 0 Å². The van der Waals surface area contributed by atoms with E-state index in [0.717, 1.165) is 11.2 Å². The summed E-state index contributed by atoms with van der Waals surface area (Å²) in [5.74, 6) is -2.67. The Kier molecular flexibility index (Phi) is 5.60. The lowest BCUT2D eigenvalue weighted by molar-refractivity contribution is -0.142. The SMILES string of the molecule is CCS(=O)(=O)N(C)C1=C(OC(C)=O)C(=O)C(C)(c2cccc(Cl)c2Cl)O1. The predicted molar refractivity (Wildman–Crippen MR) is 95.9 cm³/mol. The molecular formula is C16H17Cl2NO6S. The third-order valence-electron chi connectivity index (χ3n) is 3.91. The number of benzene rings is 1. The van der Waals surface area contributed by atoms with Crippen molar-refractivity contribution in [1.82, 2.24) is 4.31 Å². The van der Waals surface area contributed by atoms with E-state index in [-0.39, 0.29) is 27.2 Å². The smallest absolute Gasteiger partial charge is 0.308 e. The van der Waals surface area contributed by atoms with Gasteiger partial charge in [-0.15, -0.1) is 0 Å². The molecule has 0 N–H and O–H groups in total. The maximum Gasteiger partial charge on any atom is 0.308 e. The van der Waals surface area contributed by atoms with Gasteiger partial charge in [0, 0.05) is 19.5 Å². The van der Waals surface area contributed by atoms with E-state index < -0.39 is 33.1 Å². The van der Waals surface area contributed by atoms with Crippen LogP contribution in [0.4, 0.5) is 0 Å². The van der Waals surface area contributed by atoms with Crippen LogP contribution in [0, 0.1) is 0 Å². The zero-order valence-electron chi connectivity index (χ0n) is 14.5. The molecule has 7 nitrogen and oxygen atoms in total. The first kappa shape index (κ1) is 20.5. The summed E-state index contributed by atoms with van der Waals surface area (Å²) < 4.78 is 35.9. The van der Waals surface area contributed by atoms with Gasteiger partial charge in [-0.3, -0.25) is 9.59 Å². The van der Waals surface area contributed by atoms with Crippen molar-refractivity contribution in [2.75, 3.05) is 12.8 Å². The molecule has 2 rings (SSSR count). The van der Waals surface area contributed by atoms with Gasteiger partial charge in [0.1, 0.15) is 0 Å². The first-order valence-electron chi connectivity index (χ1n) is 7.53. The van der Waals surface area contributed by atoms with E-state index in [0.29, 0.717) is 0 Å². The van der Waals surface area contributed by atoms with Gasteiger partial charge in [-0.05, 0) is 19.9 Å². The molecule has 0 spiro atoms. The summed E-state index contributed by atoms with van der Waals surface area (Å²) in [6, 6.07) is 4.63. The molecule has 26 heavy (non-hydrogen) atoms. The van der Waals surface area contributed by atoms with Crippen LogP contribution in [0.5, 0.6) is 0 Å². The molecule has 0 radical (unpaired) electrons. The van der Waals surface area contributed by atoms with Crippen molar-refractivity contribution >= 4 is 45.0 Å². The molecule has 1 aromatic carbocycles. The molecule has 1 atom stereocenters. The average molecular weight is 422 g/mol. The average Bonchev–Trinajstić information content (AvgIpc) is 2.82. The molecule has 0 bridgehead atoms. The lowest BCUT2D eigenvalue weighted by Crippen LogP contribution is -2.33. The van der Waals surface area contributed by atoms with E-state index in [1.54, 1.807) is 6.07 Å². The highest BCUT2D eigenvalue weighted by molar-refractivity contribution is 7.89. The maximum atomic E-state index is 13.0. The van der Waals surface area contributed by atoms with Crippen molar-refractivity contribution in [2.24, 2.45) is 0 Å². The molecule has 0 aromatic heterocycles. The minimum Gasteiger partial charge on any atom is -0.456 e. The molecule has 1 aliphatic heterocycles. The summed E-state index contributed by atoms with van der Waals surface area (Å²) in [5.41, 5.74) is -1.49. The number of ether oxygens (including phenoxy) is 2. The van der Waals surface area contributed by atoms with Crippen molar-refractivity contribution in [3.8, 4) is 0 Å². The van der Waals surface area contributed by atoms with Crippen LogP contribution in [0.25, 0.3) is 0 Å². The number of hydrogen-bond donors (Lipinski definition) is 0. The lowest BCUT2D eigenvalue weighted by atomic mass is 9.91. The molecular weight excluding hydrogens is 405 g/mol. The Hall–Kier alpha value is -1.77. The third-order valence-corrected chi connectivity index (χ3v) is 6.46. The number of Topliss-reactive ketones (excluding diaryl/α,β-unsaturated/α-hetero) is 1.